The number of ether oxygens (including phenoxy) is 1. The quantitative estimate of drug-likeness (QED) is 0.835. The van der Waals surface area contributed by atoms with Gasteiger partial charge in [0.15, 0.2) is 0 Å². The summed E-state index contributed by atoms with van der Waals surface area (Å²) in [6.45, 7) is 2.72. The van der Waals surface area contributed by atoms with Gasteiger partial charge < -0.3 is 14.7 Å². The molecule has 0 bridgehead atoms. The zero-order valence-corrected chi connectivity index (χ0v) is 13.1. The molecule has 0 aliphatic rings. The molecule has 0 aliphatic carbocycles. The first-order valence-corrected chi connectivity index (χ1v) is 6.97. The number of rotatable bonds is 7. The van der Waals surface area contributed by atoms with Gasteiger partial charge in [-0.2, -0.15) is 0 Å². The first-order valence-electron chi connectivity index (χ1n) is 6.18. The van der Waals surface area contributed by atoms with Crippen LogP contribution >= 0.6 is 15.9 Å². The van der Waals surface area contributed by atoms with Crippen LogP contribution in [-0.4, -0.2) is 42.7 Å². The second kappa shape index (κ2) is 7.50. The number of carboxylic acids is 1. The highest BCUT2D eigenvalue weighted by molar-refractivity contribution is 9.10. The first-order chi connectivity index (χ1) is 8.93. The zero-order valence-electron chi connectivity index (χ0n) is 11.5. The molecule has 1 atom stereocenters. The highest BCUT2D eigenvalue weighted by atomic mass is 79.9. The number of methoxy groups -OCH3 is 1. The largest absolute Gasteiger partial charge is 0.496 e. The minimum absolute atomic E-state index is 0.0237. The molecule has 19 heavy (non-hydrogen) atoms. The van der Waals surface area contributed by atoms with E-state index in [0.717, 1.165) is 28.8 Å². The fourth-order valence-electron chi connectivity index (χ4n) is 1.87. The van der Waals surface area contributed by atoms with E-state index in [-0.39, 0.29) is 12.5 Å². The Morgan fingerprint density at radius 2 is 2.21 bits per heavy atom. The molecule has 0 aliphatic heterocycles. The Bertz CT molecular complexity index is 437. The van der Waals surface area contributed by atoms with Crippen molar-refractivity contribution in [3.63, 3.8) is 0 Å². The van der Waals surface area contributed by atoms with Gasteiger partial charge in [0.25, 0.3) is 0 Å². The summed E-state index contributed by atoms with van der Waals surface area (Å²) in [5.74, 6) is 0.0990. The van der Waals surface area contributed by atoms with Crippen LogP contribution in [-0.2, 0) is 11.2 Å². The average Bonchev–Trinajstić information content (AvgIpc) is 2.35. The second-order valence-electron chi connectivity index (χ2n) is 4.63. The van der Waals surface area contributed by atoms with Gasteiger partial charge >= 0.3 is 5.97 Å². The third kappa shape index (κ3) is 5.20. The molecule has 4 nitrogen and oxygen atoms in total. The molecule has 0 spiro atoms. The van der Waals surface area contributed by atoms with Crippen LogP contribution in [0.1, 0.15) is 18.9 Å². The molecule has 1 unspecified atom stereocenters. The first kappa shape index (κ1) is 16.0. The van der Waals surface area contributed by atoms with Crippen LogP contribution in [0.4, 0.5) is 0 Å². The van der Waals surface area contributed by atoms with E-state index in [1.165, 1.54) is 0 Å². The van der Waals surface area contributed by atoms with Gasteiger partial charge in [0.1, 0.15) is 5.75 Å². The summed E-state index contributed by atoms with van der Waals surface area (Å²) in [5, 5.41) is 8.78. The van der Waals surface area contributed by atoms with Gasteiger partial charge in [-0.25, -0.2) is 0 Å². The number of benzene rings is 1. The molecule has 0 heterocycles. The maximum Gasteiger partial charge on any atom is 0.304 e. The lowest BCUT2D eigenvalue weighted by molar-refractivity contribution is -0.138. The molecule has 0 radical (unpaired) electrons. The predicted molar refractivity (Wildman–Crippen MR) is 78.7 cm³/mol. The third-order valence-electron chi connectivity index (χ3n) is 3.20. The molecular weight excluding hydrogens is 310 g/mol. The van der Waals surface area contributed by atoms with Crippen LogP contribution in [0.25, 0.3) is 0 Å². The summed E-state index contributed by atoms with van der Waals surface area (Å²) >= 11 is 3.45. The fourth-order valence-corrected chi connectivity index (χ4v) is 2.28. The normalized spacial score (nSPS) is 12.5. The maximum atomic E-state index is 10.7. The van der Waals surface area contributed by atoms with Crippen LogP contribution in [0.2, 0.25) is 0 Å². The lowest BCUT2D eigenvalue weighted by Crippen LogP contribution is -2.32. The molecule has 0 amide bonds. The van der Waals surface area contributed by atoms with Crippen molar-refractivity contribution in [1.82, 2.24) is 4.90 Å². The highest BCUT2D eigenvalue weighted by Crippen LogP contribution is 2.23. The van der Waals surface area contributed by atoms with Crippen LogP contribution in [0.3, 0.4) is 0 Å². The van der Waals surface area contributed by atoms with Gasteiger partial charge in [0.05, 0.1) is 13.5 Å². The Balaban J connectivity index is 2.61. The van der Waals surface area contributed by atoms with Crippen LogP contribution in [0.5, 0.6) is 5.75 Å². The molecule has 5 heteroatoms. The Labute approximate surface area is 122 Å². The number of nitrogens with zero attached hydrogens (tertiary/aromatic N) is 1. The van der Waals surface area contributed by atoms with Crippen molar-refractivity contribution < 1.29 is 14.6 Å². The number of halogens is 1. The molecule has 106 valence electrons. The molecule has 0 saturated heterocycles. The van der Waals surface area contributed by atoms with Crippen molar-refractivity contribution in [3.8, 4) is 5.75 Å². The fraction of sp³-hybridized carbons (Fsp3) is 0.500. The standard InChI is InChI=1S/C14H20BrNO3/c1-10(8-14(17)18)16(2)7-6-11-9-12(15)4-5-13(11)19-3/h4-5,9-10H,6-8H2,1-3H3,(H,17,18). The van der Waals surface area contributed by atoms with Gasteiger partial charge in [-0.05, 0) is 44.2 Å². The van der Waals surface area contributed by atoms with Gasteiger partial charge in [-0.3, -0.25) is 4.79 Å². The summed E-state index contributed by atoms with van der Waals surface area (Å²) in [6, 6.07) is 5.93. The summed E-state index contributed by atoms with van der Waals surface area (Å²) in [6.07, 6.45) is 0.981. The topological polar surface area (TPSA) is 49.8 Å². The van der Waals surface area contributed by atoms with Gasteiger partial charge in [0.2, 0.25) is 0 Å². The number of aliphatic carboxylic acids is 1. The van der Waals surface area contributed by atoms with E-state index in [1.807, 2.05) is 32.2 Å². The number of carboxylic acid groups (broad SMARTS) is 1. The predicted octanol–water partition coefficient (Wildman–Crippen LogP) is 2.80. The summed E-state index contributed by atoms with van der Waals surface area (Å²) in [4.78, 5) is 12.7. The lowest BCUT2D eigenvalue weighted by atomic mass is 10.1. The average molecular weight is 330 g/mol. The van der Waals surface area contributed by atoms with Crippen molar-refractivity contribution in [2.45, 2.75) is 25.8 Å². The smallest absolute Gasteiger partial charge is 0.304 e. The zero-order chi connectivity index (χ0) is 14.4. The van der Waals surface area contributed by atoms with Gasteiger partial charge in [-0.1, -0.05) is 15.9 Å². The maximum absolute atomic E-state index is 10.7. The highest BCUT2D eigenvalue weighted by Gasteiger charge is 2.13. The molecule has 1 aromatic rings. The van der Waals surface area contributed by atoms with Crippen LogP contribution < -0.4 is 4.74 Å². The van der Waals surface area contributed by atoms with E-state index in [2.05, 4.69) is 20.8 Å². The van der Waals surface area contributed by atoms with Crippen molar-refractivity contribution in [2.24, 2.45) is 0 Å². The molecule has 0 fully saturated rings. The lowest BCUT2D eigenvalue weighted by Gasteiger charge is -2.23. The van der Waals surface area contributed by atoms with Gasteiger partial charge in [-0.15, -0.1) is 0 Å². The molecule has 1 N–H and O–H groups in total. The minimum atomic E-state index is -0.764. The molecular formula is C14H20BrNO3. The number of likely N-dealkylation sites (N-methyl/N-ethyl adjacent to an activating group) is 1. The van der Waals surface area contributed by atoms with Crippen LogP contribution in [0.15, 0.2) is 22.7 Å². The Morgan fingerprint density at radius 1 is 1.53 bits per heavy atom. The van der Waals surface area contributed by atoms with Crippen molar-refractivity contribution >= 4 is 21.9 Å². The molecule has 0 aromatic heterocycles. The van der Waals surface area contributed by atoms with E-state index >= 15 is 0 Å². The van der Waals surface area contributed by atoms with E-state index in [9.17, 15) is 4.79 Å². The second-order valence-corrected chi connectivity index (χ2v) is 5.55. The van der Waals surface area contributed by atoms with E-state index in [1.54, 1.807) is 7.11 Å². The van der Waals surface area contributed by atoms with Crippen molar-refractivity contribution in [2.75, 3.05) is 20.7 Å². The van der Waals surface area contributed by atoms with E-state index in [0.29, 0.717) is 0 Å². The van der Waals surface area contributed by atoms with E-state index < -0.39 is 5.97 Å². The summed E-state index contributed by atoms with van der Waals surface area (Å²) in [7, 11) is 3.60. The minimum Gasteiger partial charge on any atom is -0.496 e. The van der Waals surface area contributed by atoms with Gasteiger partial charge in [0, 0.05) is 17.1 Å². The Kier molecular flexibility index (Phi) is 6.31. The summed E-state index contributed by atoms with van der Waals surface area (Å²) in [5.41, 5.74) is 1.12. The molecule has 0 saturated carbocycles. The Morgan fingerprint density at radius 3 is 2.79 bits per heavy atom. The monoisotopic (exact) mass is 329 g/mol. The van der Waals surface area contributed by atoms with Crippen molar-refractivity contribution in [3.05, 3.63) is 28.2 Å². The molecule has 1 rings (SSSR count). The van der Waals surface area contributed by atoms with E-state index in [4.69, 9.17) is 9.84 Å². The SMILES string of the molecule is COc1ccc(Br)cc1CCN(C)C(C)CC(=O)O. The molecule has 1 aromatic carbocycles. The van der Waals surface area contributed by atoms with Crippen LogP contribution in [0, 0.1) is 0 Å². The number of hydrogen-bond acceptors (Lipinski definition) is 3. The number of carbonyl (C=O) groups is 1. The van der Waals surface area contributed by atoms with Crippen molar-refractivity contribution in [1.29, 1.82) is 0 Å². The Hall–Kier alpha value is -1.07. The number of hydrogen-bond donors (Lipinski definition) is 1. The summed E-state index contributed by atoms with van der Waals surface area (Å²) < 4.78 is 6.34. The third-order valence-corrected chi connectivity index (χ3v) is 3.69.